The van der Waals surface area contributed by atoms with Gasteiger partial charge in [0.2, 0.25) is 5.91 Å². The normalized spacial score (nSPS) is 13.1. The molecule has 0 bridgehead atoms. The van der Waals surface area contributed by atoms with Gasteiger partial charge >= 0.3 is 7.60 Å². The van der Waals surface area contributed by atoms with Gasteiger partial charge in [0.15, 0.2) is 0 Å². The third-order valence-electron chi connectivity index (χ3n) is 2.54. The van der Waals surface area contributed by atoms with Crippen LogP contribution in [0, 0.1) is 0 Å². The summed E-state index contributed by atoms with van der Waals surface area (Å²) in [5, 5.41) is 2.75. The summed E-state index contributed by atoms with van der Waals surface area (Å²) in [6, 6.07) is 8.91. The molecule has 0 fully saturated rings. The number of hydrogen-bond acceptors (Lipinski definition) is 4. The highest BCUT2D eigenvalue weighted by Gasteiger charge is 2.28. The SMILES string of the molecule is COP(=O)(C[C@@H](NC(C)=O)c1ccccc1)OC. The molecule has 1 rings (SSSR count). The molecule has 1 amide bonds. The predicted molar refractivity (Wildman–Crippen MR) is 69.5 cm³/mol. The van der Waals surface area contributed by atoms with E-state index in [2.05, 4.69) is 5.32 Å². The van der Waals surface area contributed by atoms with Crippen molar-refractivity contribution in [2.45, 2.75) is 13.0 Å². The molecule has 0 aliphatic heterocycles. The van der Waals surface area contributed by atoms with Crippen molar-refractivity contribution in [3.8, 4) is 0 Å². The molecule has 18 heavy (non-hydrogen) atoms. The molecular formula is C12H18NO4P. The highest BCUT2D eigenvalue weighted by molar-refractivity contribution is 7.53. The second kappa shape index (κ2) is 6.69. The van der Waals surface area contributed by atoms with Crippen molar-refractivity contribution in [3.63, 3.8) is 0 Å². The molecule has 1 atom stereocenters. The van der Waals surface area contributed by atoms with E-state index in [1.807, 2.05) is 30.3 Å². The van der Waals surface area contributed by atoms with E-state index in [-0.39, 0.29) is 12.1 Å². The molecule has 0 saturated heterocycles. The van der Waals surface area contributed by atoms with Crippen molar-refractivity contribution in [1.82, 2.24) is 5.32 Å². The van der Waals surface area contributed by atoms with Crippen LogP contribution in [0.4, 0.5) is 0 Å². The Kier molecular flexibility index (Phi) is 5.54. The Hall–Kier alpha value is -1.16. The fraction of sp³-hybridized carbons (Fsp3) is 0.417. The minimum atomic E-state index is -3.17. The quantitative estimate of drug-likeness (QED) is 0.807. The molecule has 0 unspecified atom stereocenters. The summed E-state index contributed by atoms with van der Waals surface area (Å²) < 4.78 is 21.9. The number of benzene rings is 1. The molecule has 1 aromatic rings. The lowest BCUT2D eigenvalue weighted by Gasteiger charge is -2.22. The molecule has 0 aromatic heterocycles. The summed E-state index contributed by atoms with van der Waals surface area (Å²) in [7, 11) is -0.507. The summed E-state index contributed by atoms with van der Waals surface area (Å²) >= 11 is 0. The Morgan fingerprint density at radius 2 is 1.83 bits per heavy atom. The smallest absolute Gasteiger partial charge is 0.332 e. The predicted octanol–water partition coefficient (Wildman–Crippen LogP) is 2.35. The lowest BCUT2D eigenvalue weighted by atomic mass is 10.1. The van der Waals surface area contributed by atoms with Crippen molar-refractivity contribution in [3.05, 3.63) is 35.9 Å². The molecule has 0 radical (unpaired) electrons. The average molecular weight is 271 g/mol. The van der Waals surface area contributed by atoms with Gasteiger partial charge in [-0.3, -0.25) is 9.36 Å². The Labute approximate surface area is 107 Å². The van der Waals surface area contributed by atoms with E-state index < -0.39 is 13.6 Å². The van der Waals surface area contributed by atoms with E-state index in [1.165, 1.54) is 21.1 Å². The van der Waals surface area contributed by atoms with Crippen LogP contribution in [0.25, 0.3) is 0 Å². The minimum absolute atomic E-state index is 0.101. The first-order valence-electron chi connectivity index (χ1n) is 5.53. The first kappa shape index (κ1) is 14.9. The van der Waals surface area contributed by atoms with Crippen LogP contribution >= 0.6 is 7.60 Å². The fourth-order valence-corrected chi connectivity index (χ4v) is 2.81. The second-order valence-electron chi connectivity index (χ2n) is 3.82. The van der Waals surface area contributed by atoms with Crippen LogP contribution in [0.15, 0.2) is 30.3 Å². The van der Waals surface area contributed by atoms with Crippen LogP contribution in [0.3, 0.4) is 0 Å². The molecule has 0 heterocycles. The van der Waals surface area contributed by atoms with Gasteiger partial charge in [0, 0.05) is 21.1 Å². The van der Waals surface area contributed by atoms with E-state index in [4.69, 9.17) is 9.05 Å². The minimum Gasteiger partial charge on any atom is -0.349 e. The van der Waals surface area contributed by atoms with E-state index in [0.717, 1.165) is 5.56 Å². The van der Waals surface area contributed by atoms with Crippen LogP contribution < -0.4 is 5.32 Å². The van der Waals surface area contributed by atoms with Crippen molar-refractivity contribution < 1.29 is 18.4 Å². The maximum absolute atomic E-state index is 12.1. The Morgan fingerprint density at radius 3 is 2.28 bits per heavy atom. The number of rotatable bonds is 6. The topological polar surface area (TPSA) is 64.6 Å². The van der Waals surface area contributed by atoms with Gasteiger partial charge in [-0.15, -0.1) is 0 Å². The van der Waals surface area contributed by atoms with Gasteiger partial charge in [0.1, 0.15) is 0 Å². The lowest BCUT2D eigenvalue weighted by molar-refractivity contribution is -0.119. The van der Waals surface area contributed by atoms with E-state index >= 15 is 0 Å². The maximum atomic E-state index is 12.1. The van der Waals surface area contributed by atoms with Crippen LogP contribution in [0.5, 0.6) is 0 Å². The van der Waals surface area contributed by atoms with Crippen molar-refractivity contribution >= 4 is 13.5 Å². The molecule has 0 saturated carbocycles. The van der Waals surface area contributed by atoms with Gasteiger partial charge in [0.05, 0.1) is 12.2 Å². The van der Waals surface area contributed by atoms with Gasteiger partial charge in [-0.25, -0.2) is 0 Å². The number of nitrogens with one attached hydrogen (secondary N) is 1. The van der Waals surface area contributed by atoms with E-state index in [9.17, 15) is 9.36 Å². The largest absolute Gasteiger partial charge is 0.349 e. The average Bonchev–Trinajstić information content (AvgIpc) is 2.38. The highest BCUT2D eigenvalue weighted by atomic mass is 31.2. The number of carbonyl (C=O) groups excluding carboxylic acids is 1. The summed E-state index contributed by atoms with van der Waals surface area (Å²) in [4.78, 5) is 11.2. The Morgan fingerprint density at radius 1 is 1.28 bits per heavy atom. The standard InChI is InChI=1S/C12H18NO4P/c1-10(14)13-12(9-18(15,16-2)17-3)11-7-5-4-6-8-11/h4-8,12H,9H2,1-3H3,(H,13,14)/t12-/m1/s1. The molecule has 5 nitrogen and oxygen atoms in total. The summed E-state index contributed by atoms with van der Waals surface area (Å²) in [6.07, 6.45) is 0.101. The zero-order valence-corrected chi connectivity index (χ0v) is 11.6. The zero-order valence-electron chi connectivity index (χ0n) is 10.8. The summed E-state index contributed by atoms with van der Waals surface area (Å²) in [5.41, 5.74) is 0.863. The highest BCUT2D eigenvalue weighted by Crippen LogP contribution is 2.49. The molecule has 6 heteroatoms. The molecule has 0 spiro atoms. The van der Waals surface area contributed by atoms with Crippen molar-refractivity contribution in [1.29, 1.82) is 0 Å². The van der Waals surface area contributed by atoms with Gasteiger partial charge in [-0.2, -0.15) is 0 Å². The van der Waals surface area contributed by atoms with Gasteiger partial charge in [-0.1, -0.05) is 30.3 Å². The molecule has 0 aliphatic rings. The number of amides is 1. The van der Waals surface area contributed by atoms with Crippen molar-refractivity contribution in [2.75, 3.05) is 20.4 Å². The molecule has 1 N–H and O–H groups in total. The van der Waals surface area contributed by atoms with Crippen LogP contribution in [-0.4, -0.2) is 26.3 Å². The van der Waals surface area contributed by atoms with Gasteiger partial charge < -0.3 is 14.4 Å². The lowest BCUT2D eigenvalue weighted by Crippen LogP contribution is -2.29. The zero-order chi connectivity index (χ0) is 13.6. The molecule has 0 aliphatic carbocycles. The third-order valence-corrected chi connectivity index (χ3v) is 4.47. The molecule has 100 valence electrons. The number of carbonyl (C=O) groups is 1. The van der Waals surface area contributed by atoms with E-state index in [1.54, 1.807) is 0 Å². The Balaban J connectivity index is 2.93. The van der Waals surface area contributed by atoms with Crippen molar-refractivity contribution in [2.24, 2.45) is 0 Å². The summed E-state index contributed by atoms with van der Waals surface area (Å²) in [6.45, 7) is 1.42. The Bertz CT molecular complexity index is 427. The fourth-order valence-electron chi connectivity index (χ4n) is 1.61. The maximum Gasteiger partial charge on any atom is 0.332 e. The first-order valence-corrected chi connectivity index (χ1v) is 7.26. The van der Waals surface area contributed by atoms with Crippen LogP contribution in [-0.2, 0) is 18.4 Å². The number of hydrogen-bond donors (Lipinski definition) is 1. The first-order chi connectivity index (χ1) is 8.50. The van der Waals surface area contributed by atoms with Crippen LogP contribution in [0.2, 0.25) is 0 Å². The van der Waals surface area contributed by atoms with Crippen LogP contribution in [0.1, 0.15) is 18.5 Å². The van der Waals surface area contributed by atoms with Gasteiger partial charge in [0.25, 0.3) is 0 Å². The molecular weight excluding hydrogens is 253 g/mol. The summed E-state index contributed by atoms with van der Waals surface area (Å²) in [5.74, 6) is -0.192. The second-order valence-corrected chi connectivity index (χ2v) is 6.14. The van der Waals surface area contributed by atoms with Gasteiger partial charge in [-0.05, 0) is 5.56 Å². The van der Waals surface area contributed by atoms with E-state index in [0.29, 0.717) is 0 Å². The molecule has 1 aromatic carbocycles. The monoisotopic (exact) mass is 271 g/mol. The third kappa shape index (κ3) is 4.26.